The third-order valence-corrected chi connectivity index (χ3v) is 5.08. The molecule has 124 valence electrons. The molecule has 1 aromatic heterocycles. The van der Waals surface area contributed by atoms with E-state index in [0.29, 0.717) is 5.92 Å². The Morgan fingerprint density at radius 2 is 2.00 bits per heavy atom. The van der Waals surface area contributed by atoms with E-state index in [1.54, 1.807) is 0 Å². The largest absolute Gasteiger partial charge is 0.313 e. The van der Waals surface area contributed by atoms with Gasteiger partial charge in [-0.2, -0.15) is 0 Å². The van der Waals surface area contributed by atoms with Crippen molar-refractivity contribution in [2.24, 2.45) is 0 Å². The Hall–Kier alpha value is -1.41. The van der Waals surface area contributed by atoms with E-state index < -0.39 is 0 Å². The number of hydrogen-bond donors (Lipinski definition) is 1. The Kier molecular flexibility index (Phi) is 5.32. The summed E-state index contributed by atoms with van der Waals surface area (Å²) >= 11 is 0. The highest BCUT2D eigenvalue weighted by Gasteiger charge is 2.18. The van der Waals surface area contributed by atoms with Crippen molar-refractivity contribution in [1.82, 2.24) is 10.3 Å². The summed E-state index contributed by atoms with van der Waals surface area (Å²) in [5, 5.41) is 5.04. The Morgan fingerprint density at radius 1 is 1.17 bits per heavy atom. The van der Waals surface area contributed by atoms with Crippen LogP contribution in [0.5, 0.6) is 0 Å². The van der Waals surface area contributed by atoms with Gasteiger partial charge >= 0.3 is 0 Å². The van der Waals surface area contributed by atoms with Crippen LogP contribution in [0.2, 0.25) is 0 Å². The SMILES string of the molecule is CCCCNCc1c2c(nc3ccc(C(C)C)cc13)CCCC2. The Morgan fingerprint density at radius 3 is 2.78 bits per heavy atom. The maximum Gasteiger partial charge on any atom is 0.0708 e. The molecule has 0 unspecified atom stereocenters. The molecular formula is C21H30N2. The molecule has 1 N–H and O–H groups in total. The number of rotatable bonds is 6. The summed E-state index contributed by atoms with van der Waals surface area (Å²) in [6, 6.07) is 6.87. The molecule has 1 aromatic carbocycles. The molecule has 0 fully saturated rings. The van der Waals surface area contributed by atoms with Crippen molar-refractivity contribution in [3.63, 3.8) is 0 Å². The maximum absolute atomic E-state index is 4.99. The average molecular weight is 310 g/mol. The molecule has 1 aliphatic carbocycles. The zero-order valence-electron chi connectivity index (χ0n) is 14.9. The quantitative estimate of drug-likeness (QED) is 0.748. The van der Waals surface area contributed by atoms with E-state index in [0.717, 1.165) is 19.5 Å². The lowest BCUT2D eigenvalue weighted by atomic mass is 9.88. The van der Waals surface area contributed by atoms with Crippen molar-refractivity contribution in [1.29, 1.82) is 0 Å². The number of unbranched alkanes of at least 4 members (excludes halogenated alkanes) is 1. The van der Waals surface area contributed by atoms with E-state index in [2.05, 4.69) is 44.3 Å². The molecule has 0 saturated carbocycles. The highest BCUT2D eigenvalue weighted by molar-refractivity contribution is 5.84. The highest BCUT2D eigenvalue weighted by Crippen LogP contribution is 2.31. The van der Waals surface area contributed by atoms with Gasteiger partial charge in [0, 0.05) is 17.6 Å². The maximum atomic E-state index is 4.99. The minimum absolute atomic E-state index is 0.566. The topological polar surface area (TPSA) is 24.9 Å². The summed E-state index contributed by atoms with van der Waals surface area (Å²) < 4.78 is 0. The number of nitrogens with zero attached hydrogens (tertiary/aromatic N) is 1. The third-order valence-electron chi connectivity index (χ3n) is 5.08. The second-order valence-electron chi connectivity index (χ2n) is 7.18. The fraction of sp³-hybridized carbons (Fsp3) is 0.571. The van der Waals surface area contributed by atoms with Crippen LogP contribution in [0.25, 0.3) is 10.9 Å². The van der Waals surface area contributed by atoms with E-state index in [9.17, 15) is 0 Å². The molecule has 23 heavy (non-hydrogen) atoms. The van der Waals surface area contributed by atoms with Crippen molar-refractivity contribution < 1.29 is 0 Å². The predicted octanol–water partition coefficient (Wildman–Crippen LogP) is 5.13. The van der Waals surface area contributed by atoms with Crippen LogP contribution in [0, 0.1) is 0 Å². The molecule has 1 aliphatic rings. The summed E-state index contributed by atoms with van der Waals surface area (Å²) in [6.45, 7) is 8.89. The van der Waals surface area contributed by atoms with Crippen molar-refractivity contribution in [2.45, 2.75) is 71.8 Å². The molecule has 2 nitrogen and oxygen atoms in total. The Labute approximate surface area is 140 Å². The molecule has 0 aliphatic heterocycles. The minimum atomic E-state index is 0.566. The van der Waals surface area contributed by atoms with Crippen LogP contribution in [0.1, 0.15) is 74.8 Å². The van der Waals surface area contributed by atoms with Crippen molar-refractivity contribution >= 4 is 10.9 Å². The zero-order chi connectivity index (χ0) is 16.2. The van der Waals surface area contributed by atoms with Crippen LogP contribution in [0.15, 0.2) is 18.2 Å². The molecule has 0 bridgehead atoms. The van der Waals surface area contributed by atoms with Crippen molar-refractivity contribution in [3.05, 3.63) is 40.6 Å². The van der Waals surface area contributed by atoms with Gasteiger partial charge in [-0.05, 0) is 73.4 Å². The van der Waals surface area contributed by atoms with Crippen LogP contribution < -0.4 is 5.32 Å². The monoisotopic (exact) mass is 310 g/mol. The van der Waals surface area contributed by atoms with Crippen LogP contribution >= 0.6 is 0 Å². The lowest BCUT2D eigenvalue weighted by Crippen LogP contribution is -2.18. The average Bonchev–Trinajstić information content (AvgIpc) is 2.57. The number of hydrogen-bond acceptors (Lipinski definition) is 2. The molecule has 2 aromatic rings. The number of nitrogens with one attached hydrogen (secondary N) is 1. The van der Waals surface area contributed by atoms with Gasteiger partial charge in [0.1, 0.15) is 0 Å². The predicted molar refractivity (Wildman–Crippen MR) is 99.1 cm³/mol. The lowest BCUT2D eigenvalue weighted by Gasteiger charge is -2.22. The molecule has 0 radical (unpaired) electrons. The molecule has 1 heterocycles. The molecule has 2 heteroatoms. The van der Waals surface area contributed by atoms with E-state index in [1.807, 2.05) is 0 Å². The number of fused-ring (bicyclic) bond motifs is 2. The van der Waals surface area contributed by atoms with Gasteiger partial charge in [-0.3, -0.25) is 4.98 Å². The molecule has 0 atom stereocenters. The van der Waals surface area contributed by atoms with Crippen LogP contribution in [0.3, 0.4) is 0 Å². The summed E-state index contributed by atoms with van der Waals surface area (Å²) in [4.78, 5) is 4.99. The van der Waals surface area contributed by atoms with Gasteiger partial charge in [0.2, 0.25) is 0 Å². The Bertz CT molecular complexity index is 673. The van der Waals surface area contributed by atoms with E-state index in [1.165, 1.54) is 65.4 Å². The second-order valence-corrected chi connectivity index (χ2v) is 7.18. The number of aromatic nitrogens is 1. The van der Waals surface area contributed by atoms with Crippen molar-refractivity contribution in [2.75, 3.05) is 6.54 Å². The van der Waals surface area contributed by atoms with E-state index in [-0.39, 0.29) is 0 Å². The van der Waals surface area contributed by atoms with Gasteiger partial charge in [0.15, 0.2) is 0 Å². The molecule has 3 rings (SSSR count). The van der Waals surface area contributed by atoms with Crippen molar-refractivity contribution in [3.8, 4) is 0 Å². The van der Waals surface area contributed by atoms with Gasteiger partial charge in [0.05, 0.1) is 5.52 Å². The highest BCUT2D eigenvalue weighted by atomic mass is 14.8. The summed E-state index contributed by atoms with van der Waals surface area (Å²) in [6.07, 6.45) is 7.46. The first-order valence-corrected chi connectivity index (χ1v) is 9.35. The molecule has 0 spiro atoms. The van der Waals surface area contributed by atoms with E-state index in [4.69, 9.17) is 4.98 Å². The molecule has 0 saturated heterocycles. The fourth-order valence-electron chi connectivity index (χ4n) is 3.61. The first-order chi connectivity index (χ1) is 11.2. The number of pyridine rings is 1. The summed E-state index contributed by atoms with van der Waals surface area (Å²) in [5.41, 5.74) is 7.01. The first kappa shape index (κ1) is 16.4. The minimum Gasteiger partial charge on any atom is -0.313 e. The van der Waals surface area contributed by atoms with Crippen LogP contribution in [-0.2, 0) is 19.4 Å². The smallest absolute Gasteiger partial charge is 0.0708 e. The molecular weight excluding hydrogens is 280 g/mol. The standard InChI is InChI=1S/C21H30N2/c1-4-5-12-22-14-19-17-8-6-7-9-20(17)23-21-11-10-16(15(2)3)13-18(19)21/h10-11,13,15,22H,4-9,12,14H2,1-3H3. The lowest BCUT2D eigenvalue weighted by molar-refractivity contribution is 0.624. The zero-order valence-corrected chi connectivity index (χ0v) is 14.9. The van der Waals surface area contributed by atoms with Crippen LogP contribution in [-0.4, -0.2) is 11.5 Å². The first-order valence-electron chi connectivity index (χ1n) is 9.35. The number of aryl methyl sites for hydroxylation is 1. The van der Waals surface area contributed by atoms with Crippen LogP contribution in [0.4, 0.5) is 0 Å². The number of benzene rings is 1. The second kappa shape index (κ2) is 7.44. The molecule has 0 amide bonds. The third kappa shape index (κ3) is 3.58. The van der Waals surface area contributed by atoms with Gasteiger partial charge in [-0.1, -0.05) is 33.3 Å². The normalized spacial score (nSPS) is 14.4. The Balaban J connectivity index is 2.04. The van der Waals surface area contributed by atoms with Gasteiger partial charge < -0.3 is 5.32 Å². The van der Waals surface area contributed by atoms with E-state index >= 15 is 0 Å². The van der Waals surface area contributed by atoms with Gasteiger partial charge in [-0.15, -0.1) is 0 Å². The fourth-order valence-corrected chi connectivity index (χ4v) is 3.61. The van der Waals surface area contributed by atoms with Gasteiger partial charge in [-0.25, -0.2) is 0 Å². The summed E-state index contributed by atoms with van der Waals surface area (Å²) in [7, 11) is 0. The summed E-state index contributed by atoms with van der Waals surface area (Å²) in [5.74, 6) is 0.566. The van der Waals surface area contributed by atoms with Gasteiger partial charge in [0.25, 0.3) is 0 Å².